The highest BCUT2D eigenvalue weighted by molar-refractivity contribution is 7.89. The predicted octanol–water partition coefficient (Wildman–Crippen LogP) is 5.99. The Bertz CT molecular complexity index is 2020. The Balaban J connectivity index is 1.19. The molecule has 2 saturated heterocycles. The number of carbonyl (C=O) groups excluding carboxylic acids is 1. The molecular formula is C35H33F7N6O4S. The summed E-state index contributed by atoms with van der Waals surface area (Å²) < 4.78 is 124. The van der Waals surface area contributed by atoms with Crippen molar-refractivity contribution < 1.29 is 48.7 Å². The first kappa shape index (κ1) is 37.9. The highest BCUT2D eigenvalue weighted by atomic mass is 32.2. The number of nitrogens with one attached hydrogen (secondary N) is 1. The molecule has 282 valence electrons. The summed E-state index contributed by atoms with van der Waals surface area (Å²) in [6, 6.07) is 15.0. The van der Waals surface area contributed by atoms with Crippen LogP contribution in [0.3, 0.4) is 0 Å². The number of alkyl halides is 6. The first-order valence-corrected chi connectivity index (χ1v) is 17.9. The number of amides is 1. The topological polar surface area (TPSA) is 108 Å². The molecule has 6 rings (SSSR count). The highest BCUT2D eigenvalue weighted by Crippen LogP contribution is 2.32. The number of piperazine rings is 1. The molecule has 4 aromatic rings. The molecule has 18 heteroatoms. The summed E-state index contributed by atoms with van der Waals surface area (Å²) in [6.07, 6.45) is -8.74. The average Bonchev–Trinajstić information content (AvgIpc) is 3.63. The van der Waals surface area contributed by atoms with Crippen molar-refractivity contribution in [2.24, 2.45) is 0 Å². The second-order valence-corrected chi connectivity index (χ2v) is 14.4. The summed E-state index contributed by atoms with van der Waals surface area (Å²) in [7, 11) is -4.11. The Morgan fingerprint density at radius 2 is 1.55 bits per heavy atom. The third-order valence-corrected chi connectivity index (χ3v) is 10.8. The van der Waals surface area contributed by atoms with Crippen LogP contribution in [0.1, 0.15) is 29.7 Å². The molecule has 3 aromatic carbocycles. The van der Waals surface area contributed by atoms with E-state index in [1.807, 2.05) is 9.80 Å². The second kappa shape index (κ2) is 15.3. The number of para-hydroxylation sites is 1. The number of hydrogen-bond acceptors (Lipinski definition) is 8. The predicted molar refractivity (Wildman–Crippen MR) is 178 cm³/mol. The van der Waals surface area contributed by atoms with Gasteiger partial charge in [-0.15, -0.1) is 13.2 Å². The Labute approximate surface area is 300 Å². The molecule has 0 saturated carbocycles. The molecule has 3 heterocycles. The quantitative estimate of drug-likeness (QED) is 0.196. The fourth-order valence-electron chi connectivity index (χ4n) is 6.23. The second-order valence-electron chi connectivity index (χ2n) is 12.5. The van der Waals surface area contributed by atoms with E-state index >= 15 is 0 Å². The lowest BCUT2D eigenvalue weighted by Crippen LogP contribution is -2.47. The molecule has 1 atom stereocenters. The monoisotopic (exact) mass is 766 g/mol. The number of hydrogen-bond donors (Lipinski definition) is 1. The van der Waals surface area contributed by atoms with E-state index in [4.69, 9.17) is 0 Å². The maximum absolute atomic E-state index is 13.5. The summed E-state index contributed by atoms with van der Waals surface area (Å²) in [5.41, 5.74) is 0.419. The van der Waals surface area contributed by atoms with Crippen LogP contribution in [0.2, 0.25) is 0 Å². The van der Waals surface area contributed by atoms with Gasteiger partial charge in [-0.1, -0.05) is 30.3 Å². The summed E-state index contributed by atoms with van der Waals surface area (Å²) >= 11 is 0. The van der Waals surface area contributed by atoms with E-state index in [0.29, 0.717) is 49.4 Å². The summed E-state index contributed by atoms with van der Waals surface area (Å²) in [4.78, 5) is 26.2. The van der Waals surface area contributed by atoms with Gasteiger partial charge < -0.3 is 15.0 Å². The molecule has 53 heavy (non-hydrogen) atoms. The fraction of sp³-hybridized carbons (Fsp3) is 0.343. The zero-order valence-corrected chi connectivity index (χ0v) is 28.7. The van der Waals surface area contributed by atoms with Crippen molar-refractivity contribution in [1.29, 1.82) is 0 Å². The Hall–Kier alpha value is -4.81. The minimum absolute atomic E-state index is 0.0838. The minimum atomic E-state index is -4.85. The fourth-order valence-corrected chi connectivity index (χ4v) is 7.88. The van der Waals surface area contributed by atoms with Crippen LogP contribution in [0.15, 0.2) is 83.8 Å². The first-order valence-electron chi connectivity index (χ1n) is 16.5. The summed E-state index contributed by atoms with van der Waals surface area (Å²) in [5.74, 6) is -1.28. The lowest BCUT2D eigenvalue weighted by molar-refractivity contribution is -0.275. The van der Waals surface area contributed by atoms with Crippen molar-refractivity contribution in [3.63, 3.8) is 0 Å². The van der Waals surface area contributed by atoms with E-state index < -0.39 is 45.9 Å². The number of sulfonamides is 1. The number of anilines is 1. The Morgan fingerprint density at radius 3 is 2.21 bits per heavy atom. The van der Waals surface area contributed by atoms with Gasteiger partial charge in [0.25, 0.3) is 0 Å². The minimum Gasteiger partial charge on any atom is -0.405 e. The first-order chi connectivity index (χ1) is 25.1. The van der Waals surface area contributed by atoms with E-state index in [1.54, 1.807) is 12.1 Å². The van der Waals surface area contributed by atoms with Crippen LogP contribution in [0.25, 0.3) is 11.3 Å². The van der Waals surface area contributed by atoms with E-state index in [-0.39, 0.29) is 48.3 Å². The Morgan fingerprint density at radius 1 is 0.868 bits per heavy atom. The van der Waals surface area contributed by atoms with Crippen LogP contribution in [-0.2, 0) is 34.1 Å². The van der Waals surface area contributed by atoms with Crippen LogP contribution >= 0.6 is 0 Å². The van der Waals surface area contributed by atoms with Gasteiger partial charge in [0.1, 0.15) is 17.6 Å². The molecule has 1 amide bonds. The van der Waals surface area contributed by atoms with E-state index in [1.165, 1.54) is 30.3 Å². The molecule has 0 unspecified atom stereocenters. The van der Waals surface area contributed by atoms with Gasteiger partial charge in [-0.05, 0) is 61.4 Å². The number of benzene rings is 3. The van der Waals surface area contributed by atoms with Crippen molar-refractivity contribution in [2.75, 3.05) is 37.6 Å². The molecule has 0 bridgehead atoms. The largest absolute Gasteiger partial charge is 0.573 e. The number of halogens is 7. The van der Waals surface area contributed by atoms with Crippen molar-refractivity contribution in [2.45, 2.75) is 49.4 Å². The number of ether oxygens (including phenoxy) is 1. The van der Waals surface area contributed by atoms with Crippen LogP contribution in [0, 0.1) is 5.82 Å². The van der Waals surface area contributed by atoms with Gasteiger partial charge in [-0.3, -0.25) is 9.69 Å². The van der Waals surface area contributed by atoms with Crippen molar-refractivity contribution in [1.82, 2.24) is 24.5 Å². The third kappa shape index (κ3) is 9.23. The van der Waals surface area contributed by atoms with Crippen LogP contribution < -0.4 is 15.0 Å². The van der Waals surface area contributed by atoms with Gasteiger partial charge >= 0.3 is 12.5 Å². The molecular weight excluding hydrogens is 733 g/mol. The standard InChI is InChI=1S/C35H33F7N6O4S/c36-26-11-13-28(14-12-26)53(50,51)48-15-3-5-30(48)32(49)43-21-27-20-29(23-7-9-25(10-8-23)34(37,38)39)45-33(44-27)47-18-16-46(17-19-47)22-24-4-1-2-6-31(24)52-35(40,41)42/h1-2,4,6-14,20,30H,3,5,15-19,21-22H2,(H,43,49)/t30-/m0/s1. The molecule has 2 aliphatic heterocycles. The van der Waals surface area contributed by atoms with Gasteiger partial charge in [0.05, 0.1) is 28.4 Å². The molecule has 2 aliphatic rings. The van der Waals surface area contributed by atoms with E-state index in [2.05, 4.69) is 20.0 Å². The molecule has 2 fully saturated rings. The van der Waals surface area contributed by atoms with Gasteiger partial charge in [0.15, 0.2) is 0 Å². The maximum Gasteiger partial charge on any atom is 0.573 e. The highest BCUT2D eigenvalue weighted by Gasteiger charge is 2.39. The average molecular weight is 767 g/mol. The molecule has 0 aliphatic carbocycles. The molecule has 1 aromatic heterocycles. The van der Waals surface area contributed by atoms with Crippen molar-refractivity contribution >= 4 is 21.9 Å². The number of carbonyl (C=O) groups is 1. The lowest BCUT2D eigenvalue weighted by Gasteiger charge is -2.35. The van der Waals surface area contributed by atoms with Gasteiger partial charge in [0.2, 0.25) is 21.9 Å². The molecule has 1 N–H and O–H groups in total. The van der Waals surface area contributed by atoms with Crippen LogP contribution in [-0.4, -0.2) is 78.6 Å². The number of nitrogens with zero attached hydrogens (tertiary/aromatic N) is 5. The number of aromatic nitrogens is 2. The van der Waals surface area contributed by atoms with Crippen molar-refractivity contribution in [3.8, 4) is 17.0 Å². The van der Waals surface area contributed by atoms with Crippen molar-refractivity contribution in [3.05, 3.63) is 102 Å². The van der Waals surface area contributed by atoms with Gasteiger partial charge in [-0.2, -0.15) is 17.5 Å². The maximum atomic E-state index is 13.5. The van der Waals surface area contributed by atoms with Crippen LogP contribution in [0.4, 0.5) is 36.7 Å². The summed E-state index contributed by atoms with van der Waals surface area (Å²) in [5, 5.41) is 2.73. The zero-order chi connectivity index (χ0) is 38.0. The molecule has 10 nitrogen and oxygen atoms in total. The SMILES string of the molecule is O=C(NCc1cc(-c2ccc(C(F)(F)F)cc2)nc(N2CCN(Cc3ccccc3OC(F)(F)F)CC2)n1)[C@@H]1CCCN1S(=O)(=O)c1ccc(F)cc1. The Kier molecular flexibility index (Phi) is 10.9. The van der Waals surface area contributed by atoms with E-state index in [0.717, 1.165) is 40.7 Å². The summed E-state index contributed by atoms with van der Waals surface area (Å²) in [6.45, 7) is 1.60. The smallest absolute Gasteiger partial charge is 0.405 e. The number of rotatable bonds is 10. The third-order valence-electron chi connectivity index (χ3n) is 8.89. The normalized spacial score (nSPS) is 17.6. The van der Waals surface area contributed by atoms with Gasteiger partial charge in [-0.25, -0.2) is 22.8 Å². The van der Waals surface area contributed by atoms with Gasteiger partial charge in [0, 0.05) is 50.4 Å². The van der Waals surface area contributed by atoms with E-state index in [9.17, 15) is 43.9 Å². The van der Waals surface area contributed by atoms with Crippen LogP contribution in [0.5, 0.6) is 5.75 Å². The molecule has 0 spiro atoms. The zero-order valence-electron chi connectivity index (χ0n) is 27.9. The molecule has 0 radical (unpaired) electrons. The lowest BCUT2D eigenvalue weighted by atomic mass is 10.1.